The van der Waals surface area contributed by atoms with Gasteiger partial charge in [0.1, 0.15) is 11.9 Å². The summed E-state index contributed by atoms with van der Waals surface area (Å²) in [5.41, 5.74) is 0.177. The molecule has 110 valence electrons. The van der Waals surface area contributed by atoms with Crippen LogP contribution in [0.2, 0.25) is 0 Å². The Morgan fingerprint density at radius 1 is 1.35 bits per heavy atom. The molecule has 1 N–H and O–H groups in total. The van der Waals surface area contributed by atoms with Gasteiger partial charge in [-0.1, -0.05) is 25.8 Å². The van der Waals surface area contributed by atoms with E-state index in [0.717, 1.165) is 25.3 Å². The lowest BCUT2D eigenvalue weighted by Gasteiger charge is -2.13. The number of hydrogen-bond acceptors (Lipinski definition) is 3. The van der Waals surface area contributed by atoms with E-state index in [2.05, 4.69) is 12.2 Å². The summed E-state index contributed by atoms with van der Waals surface area (Å²) in [7, 11) is 0. The molecule has 0 heterocycles. The molecule has 0 saturated heterocycles. The summed E-state index contributed by atoms with van der Waals surface area (Å²) in [5.74, 6) is -1.47. The first-order valence-corrected chi connectivity index (χ1v) is 6.77. The third kappa shape index (κ3) is 5.38. The molecule has 1 amide bonds. The Bertz CT molecular complexity index is 462. The highest BCUT2D eigenvalue weighted by molar-refractivity contribution is 5.96. The number of rotatable bonds is 7. The summed E-state index contributed by atoms with van der Waals surface area (Å²) >= 11 is 0. The number of esters is 1. The number of amides is 1. The van der Waals surface area contributed by atoms with E-state index in [-0.39, 0.29) is 5.56 Å². The van der Waals surface area contributed by atoms with Gasteiger partial charge in [-0.05, 0) is 31.5 Å². The number of unbranched alkanes of at least 4 members (excludes halogenated alkanes) is 2. The van der Waals surface area contributed by atoms with Gasteiger partial charge in [0.25, 0.3) is 5.91 Å². The van der Waals surface area contributed by atoms with Crippen LogP contribution in [0.4, 0.5) is 4.39 Å². The summed E-state index contributed by atoms with van der Waals surface area (Å²) in [6.45, 7) is 3.95. The van der Waals surface area contributed by atoms with E-state index in [1.807, 2.05) is 0 Å². The Balaban J connectivity index is 2.43. The molecular formula is C15H20FNO3. The Morgan fingerprint density at radius 3 is 2.75 bits per heavy atom. The van der Waals surface area contributed by atoms with Gasteiger partial charge in [-0.3, -0.25) is 4.79 Å². The minimum Gasteiger partial charge on any atom is -0.464 e. The average molecular weight is 281 g/mol. The van der Waals surface area contributed by atoms with Gasteiger partial charge in [0.05, 0.1) is 6.61 Å². The maximum Gasteiger partial charge on any atom is 0.328 e. The van der Waals surface area contributed by atoms with Crippen LogP contribution in [0.15, 0.2) is 24.3 Å². The van der Waals surface area contributed by atoms with E-state index in [1.54, 1.807) is 6.92 Å². The highest BCUT2D eigenvalue weighted by atomic mass is 19.1. The lowest BCUT2D eigenvalue weighted by Crippen LogP contribution is -2.39. The van der Waals surface area contributed by atoms with Crippen LogP contribution < -0.4 is 5.32 Å². The molecule has 0 aliphatic carbocycles. The number of carbonyl (C=O) groups excluding carboxylic acids is 2. The van der Waals surface area contributed by atoms with Crippen LogP contribution in [-0.2, 0) is 9.53 Å². The third-order valence-corrected chi connectivity index (χ3v) is 2.78. The molecule has 0 aliphatic rings. The van der Waals surface area contributed by atoms with Crippen LogP contribution in [0, 0.1) is 5.82 Å². The fourth-order valence-corrected chi connectivity index (χ4v) is 1.62. The van der Waals surface area contributed by atoms with Crippen LogP contribution in [0.25, 0.3) is 0 Å². The van der Waals surface area contributed by atoms with Crippen molar-refractivity contribution in [2.75, 3.05) is 6.61 Å². The fraction of sp³-hybridized carbons (Fsp3) is 0.467. The number of benzene rings is 1. The average Bonchev–Trinajstić information content (AvgIpc) is 2.43. The zero-order valence-electron chi connectivity index (χ0n) is 11.8. The lowest BCUT2D eigenvalue weighted by molar-refractivity contribution is -0.145. The van der Waals surface area contributed by atoms with Crippen molar-refractivity contribution in [2.24, 2.45) is 0 Å². The second-order valence-corrected chi connectivity index (χ2v) is 4.58. The molecule has 1 aromatic rings. The van der Waals surface area contributed by atoms with Gasteiger partial charge in [-0.15, -0.1) is 0 Å². The predicted octanol–water partition coefficient (Wildman–Crippen LogP) is 2.68. The standard InChI is InChI=1S/C15H20FNO3/c1-3-4-5-9-20-15(19)11(2)17-14(18)12-7-6-8-13(16)10-12/h6-8,10-11H,3-5,9H2,1-2H3,(H,17,18). The van der Waals surface area contributed by atoms with Gasteiger partial charge in [-0.2, -0.15) is 0 Å². The van der Waals surface area contributed by atoms with Gasteiger partial charge < -0.3 is 10.1 Å². The molecule has 0 saturated carbocycles. The van der Waals surface area contributed by atoms with Crippen molar-refractivity contribution < 1.29 is 18.7 Å². The van der Waals surface area contributed by atoms with E-state index in [9.17, 15) is 14.0 Å². The normalized spacial score (nSPS) is 11.8. The van der Waals surface area contributed by atoms with E-state index in [4.69, 9.17) is 4.74 Å². The van der Waals surface area contributed by atoms with Gasteiger partial charge >= 0.3 is 5.97 Å². The lowest BCUT2D eigenvalue weighted by atomic mass is 10.2. The summed E-state index contributed by atoms with van der Waals surface area (Å²) < 4.78 is 18.0. The van der Waals surface area contributed by atoms with Crippen LogP contribution >= 0.6 is 0 Å². The van der Waals surface area contributed by atoms with Gasteiger partial charge in [0.2, 0.25) is 0 Å². The fourth-order valence-electron chi connectivity index (χ4n) is 1.62. The smallest absolute Gasteiger partial charge is 0.328 e. The maximum absolute atomic E-state index is 13.0. The first-order valence-electron chi connectivity index (χ1n) is 6.77. The molecule has 0 fully saturated rings. The third-order valence-electron chi connectivity index (χ3n) is 2.78. The van der Waals surface area contributed by atoms with Crippen LogP contribution in [-0.4, -0.2) is 24.5 Å². The molecule has 1 aromatic carbocycles. The molecule has 1 rings (SSSR count). The summed E-state index contributed by atoms with van der Waals surface area (Å²) in [5, 5.41) is 2.48. The first kappa shape index (κ1) is 16.1. The van der Waals surface area contributed by atoms with Crippen LogP contribution in [0.5, 0.6) is 0 Å². The quantitative estimate of drug-likeness (QED) is 0.617. The molecular weight excluding hydrogens is 261 g/mol. The number of halogens is 1. The molecule has 20 heavy (non-hydrogen) atoms. The number of carbonyl (C=O) groups is 2. The van der Waals surface area contributed by atoms with Crippen molar-refractivity contribution >= 4 is 11.9 Å². The Labute approximate surface area is 118 Å². The number of ether oxygens (including phenoxy) is 1. The molecule has 0 aromatic heterocycles. The Morgan fingerprint density at radius 2 is 2.10 bits per heavy atom. The zero-order chi connectivity index (χ0) is 15.0. The first-order chi connectivity index (χ1) is 9.54. The van der Waals surface area contributed by atoms with Crippen molar-refractivity contribution in [2.45, 2.75) is 39.2 Å². The number of hydrogen-bond donors (Lipinski definition) is 1. The zero-order valence-corrected chi connectivity index (χ0v) is 11.8. The molecule has 0 radical (unpaired) electrons. The second-order valence-electron chi connectivity index (χ2n) is 4.58. The summed E-state index contributed by atoms with van der Waals surface area (Å²) in [6, 6.07) is 4.54. The molecule has 5 heteroatoms. The van der Waals surface area contributed by atoms with E-state index < -0.39 is 23.7 Å². The number of nitrogens with one attached hydrogen (secondary N) is 1. The predicted molar refractivity (Wildman–Crippen MR) is 73.8 cm³/mol. The largest absolute Gasteiger partial charge is 0.464 e. The van der Waals surface area contributed by atoms with Crippen molar-refractivity contribution in [3.05, 3.63) is 35.6 Å². The highest BCUT2D eigenvalue weighted by Crippen LogP contribution is 2.04. The van der Waals surface area contributed by atoms with Crippen LogP contribution in [0.1, 0.15) is 43.5 Å². The van der Waals surface area contributed by atoms with Crippen LogP contribution in [0.3, 0.4) is 0 Å². The van der Waals surface area contributed by atoms with Crippen molar-refractivity contribution in [3.8, 4) is 0 Å². The Kier molecular flexibility index (Phi) is 6.70. The molecule has 0 bridgehead atoms. The highest BCUT2D eigenvalue weighted by Gasteiger charge is 2.17. The van der Waals surface area contributed by atoms with Gasteiger partial charge in [0, 0.05) is 5.56 Å². The molecule has 1 unspecified atom stereocenters. The molecule has 1 atom stereocenters. The van der Waals surface area contributed by atoms with E-state index in [0.29, 0.717) is 6.61 Å². The second kappa shape index (κ2) is 8.30. The van der Waals surface area contributed by atoms with Crippen molar-refractivity contribution in [1.29, 1.82) is 0 Å². The Hall–Kier alpha value is -1.91. The van der Waals surface area contributed by atoms with Gasteiger partial charge in [-0.25, -0.2) is 9.18 Å². The monoisotopic (exact) mass is 281 g/mol. The van der Waals surface area contributed by atoms with Crippen molar-refractivity contribution in [3.63, 3.8) is 0 Å². The summed E-state index contributed by atoms with van der Waals surface area (Å²) in [4.78, 5) is 23.4. The van der Waals surface area contributed by atoms with Gasteiger partial charge in [0.15, 0.2) is 0 Å². The molecule has 0 aliphatic heterocycles. The maximum atomic E-state index is 13.0. The molecule has 4 nitrogen and oxygen atoms in total. The van der Waals surface area contributed by atoms with E-state index >= 15 is 0 Å². The van der Waals surface area contributed by atoms with E-state index in [1.165, 1.54) is 18.2 Å². The SMILES string of the molecule is CCCCCOC(=O)C(C)NC(=O)c1cccc(F)c1. The summed E-state index contributed by atoms with van der Waals surface area (Å²) in [6.07, 6.45) is 2.85. The minimum absolute atomic E-state index is 0.177. The topological polar surface area (TPSA) is 55.4 Å². The van der Waals surface area contributed by atoms with Crippen molar-refractivity contribution in [1.82, 2.24) is 5.32 Å². The molecule has 0 spiro atoms. The minimum atomic E-state index is -0.757.